The molecule has 1 aliphatic rings. The number of alkyl halides is 1. The summed E-state index contributed by atoms with van der Waals surface area (Å²) in [4.78, 5) is 16.1. The van der Waals surface area contributed by atoms with Crippen LogP contribution in [0.1, 0.15) is 31.7 Å². The molecule has 2 aromatic rings. The lowest BCUT2D eigenvalue weighted by molar-refractivity contribution is 0.251. The Kier molecular flexibility index (Phi) is 7.10. The Morgan fingerprint density at radius 1 is 1.21 bits per heavy atom. The van der Waals surface area contributed by atoms with Gasteiger partial charge in [0.25, 0.3) is 0 Å². The Hall–Kier alpha value is -2.16. The first-order valence-corrected chi connectivity index (χ1v) is 11.5. The molecule has 0 bridgehead atoms. The number of rotatable bonds is 6. The van der Waals surface area contributed by atoms with Crippen molar-refractivity contribution in [1.29, 1.82) is 0 Å². The standard InChI is InChI=1S/C20H25ClN4O3S/c1-14-4-9-18(21)19(11-14)25-29(27,28)17-7-5-16(6-8-17)24-20(26)23-13-15-3-2-10-22-12-15/h2-3,5-8,10,12,14,18-19,25H,4,9,11,13H2,1H3,(H2,23,24,26). The average Bonchev–Trinajstić information content (AvgIpc) is 2.70. The van der Waals surface area contributed by atoms with Crippen LogP contribution in [-0.2, 0) is 16.6 Å². The van der Waals surface area contributed by atoms with Gasteiger partial charge in [0.2, 0.25) is 10.0 Å². The number of aromatic nitrogens is 1. The van der Waals surface area contributed by atoms with Crippen molar-refractivity contribution < 1.29 is 13.2 Å². The van der Waals surface area contributed by atoms with Gasteiger partial charge in [0.1, 0.15) is 0 Å². The van der Waals surface area contributed by atoms with Crippen LogP contribution >= 0.6 is 11.6 Å². The predicted octanol–water partition coefficient (Wildman–Crippen LogP) is 3.48. The molecule has 1 fully saturated rings. The van der Waals surface area contributed by atoms with Gasteiger partial charge in [0, 0.05) is 36.0 Å². The number of benzene rings is 1. The summed E-state index contributed by atoms with van der Waals surface area (Å²) in [6, 6.07) is 9.04. The van der Waals surface area contributed by atoms with Crippen LogP contribution in [0, 0.1) is 5.92 Å². The molecule has 156 valence electrons. The number of nitrogens with one attached hydrogen (secondary N) is 3. The Bertz CT molecular complexity index is 923. The Morgan fingerprint density at radius 3 is 2.66 bits per heavy atom. The zero-order chi connectivity index (χ0) is 20.9. The van der Waals surface area contributed by atoms with Crippen molar-refractivity contribution >= 4 is 33.3 Å². The lowest BCUT2D eigenvalue weighted by atomic mass is 9.87. The molecule has 29 heavy (non-hydrogen) atoms. The summed E-state index contributed by atoms with van der Waals surface area (Å²) in [5, 5.41) is 5.20. The summed E-state index contributed by atoms with van der Waals surface area (Å²) < 4.78 is 28.1. The number of pyridine rings is 1. The summed E-state index contributed by atoms with van der Waals surface area (Å²) >= 11 is 6.31. The number of amides is 2. The lowest BCUT2D eigenvalue weighted by Crippen LogP contribution is -2.44. The smallest absolute Gasteiger partial charge is 0.319 e. The number of carbonyl (C=O) groups is 1. The Labute approximate surface area is 176 Å². The van der Waals surface area contributed by atoms with Crippen molar-refractivity contribution in [2.75, 3.05) is 5.32 Å². The molecular weight excluding hydrogens is 412 g/mol. The van der Waals surface area contributed by atoms with E-state index >= 15 is 0 Å². The van der Waals surface area contributed by atoms with Gasteiger partial charge >= 0.3 is 6.03 Å². The second-order valence-electron chi connectivity index (χ2n) is 7.36. The summed E-state index contributed by atoms with van der Waals surface area (Å²) in [6.45, 7) is 2.44. The third kappa shape index (κ3) is 6.16. The quantitative estimate of drug-likeness (QED) is 0.603. The molecule has 9 heteroatoms. The van der Waals surface area contributed by atoms with E-state index in [9.17, 15) is 13.2 Å². The molecule has 3 rings (SSSR count). The van der Waals surface area contributed by atoms with Crippen LogP contribution in [0.4, 0.5) is 10.5 Å². The van der Waals surface area contributed by atoms with E-state index in [1.807, 2.05) is 6.07 Å². The van der Waals surface area contributed by atoms with Crippen LogP contribution in [0.5, 0.6) is 0 Å². The van der Waals surface area contributed by atoms with Crippen molar-refractivity contribution in [2.24, 2.45) is 5.92 Å². The molecule has 2 amide bonds. The van der Waals surface area contributed by atoms with Crippen LogP contribution in [0.15, 0.2) is 53.7 Å². The van der Waals surface area contributed by atoms with E-state index in [1.165, 1.54) is 12.1 Å². The van der Waals surface area contributed by atoms with Crippen LogP contribution < -0.4 is 15.4 Å². The first kappa shape index (κ1) is 21.5. The first-order valence-electron chi connectivity index (χ1n) is 9.54. The molecule has 0 saturated heterocycles. The van der Waals surface area contributed by atoms with Gasteiger partial charge in [-0.15, -0.1) is 11.6 Å². The molecule has 3 atom stereocenters. The molecular formula is C20H25ClN4O3S. The third-order valence-corrected chi connectivity index (χ3v) is 6.96. The van der Waals surface area contributed by atoms with E-state index in [2.05, 4.69) is 27.3 Å². The Morgan fingerprint density at radius 2 is 1.97 bits per heavy atom. The van der Waals surface area contributed by atoms with Crippen molar-refractivity contribution in [3.63, 3.8) is 0 Å². The van der Waals surface area contributed by atoms with E-state index in [1.54, 1.807) is 30.6 Å². The SMILES string of the molecule is CC1CCC(Cl)C(NS(=O)(=O)c2ccc(NC(=O)NCc3cccnc3)cc2)C1. The maximum absolute atomic E-state index is 12.7. The van der Waals surface area contributed by atoms with Crippen LogP contribution in [0.3, 0.4) is 0 Å². The summed E-state index contributed by atoms with van der Waals surface area (Å²) in [5.74, 6) is 0.439. The van der Waals surface area contributed by atoms with Gasteiger partial charge < -0.3 is 10.6 Å². The summed E-state index contributed by atoms with van der Waals surface area (Å²) in [5.41, 5.74) is 1.37. The lowest BCUT2D eigenvalue weighted by Gasteiger charge is -2.31. The minimum Gasteiger partial charge on any atom is -0.334 e. The second-order valence-corrected chi connectivity index (χ2v) is 9.63. The predicted molar refractivity (Wildman–Crippen MR) is 113 cm³/mol. The van der Waals surface area contributed by atoms with E-state index in [4.69, 9.17) is 11.6 Å². The number of hydrogen-bond donors (Lipinski definition) is 3. The zero-order valence-electron chi connectivity index (χ0n) is 16.1. The molecule has 0 radical (unpaired) electrons. The fourth-order valence-electron chi connectivity index (χ4n) is 3.31. The van der Waals surface area contributed by atoms with Crippen LogP contribution in [0.2, 0.25) is 0 Å². The van der Waals surface area contributed by atoms with Crippen molar-refractivity contribution in [3.8, 4) is 0 Å². The van der Waals surface area contributed by atoms with E-state index in [0.29, 0.717) is 18.2 Å². The van der Waals surface area contributed by atoms with Gasteiger partial charge in [0.05, 0.1) is 4.90 Å². The van der Waals surface area contributed by atoms with Gasteiger partial charge in [-0.2, -0.15) is 0 Å². The first-order chi connectivity index (χ1) is 13.8. The fourth-order valence-corrected chi connectivity index (χ4v) is 4.97. The topological polar surface area (TPSA) is 100 Å². The minimum atomic E-state index is -3.68. The molecule has 1 saturated carbocycles. The molecule has 7 nitrogen and oxygen atoms in total. The highest BCUT2D eigenvalue weighted by Crippen LogP contribution is 2.29. The van der Waals surface area contributed by atoms with Crippen LogP contribution in [0.25, 0.3) is 0 Å². The molecule has 3 N–H and O–H groups in total. The van der Waals surface area contributed by atoms with Gasteiger partial charge in [-0.3, -0.25) is 4.98 Å². The van der Waals surface area contributed by atoms with Gasteiger partial charge in [-0.25, -0.2) is 17.9 Å². The molecule has 0 aliphatic heterocycles. The average molecular weight is 437 g/mol. The maximum atomic E-state index is 12.7. The number of halogens is 1. The number of carbonyl (C=O) groups excluding carboxylic acids is 1. The molecule has 0 spiro atoms. The van der Waals surface area contributed by atoms with Gasteiger partial charge in [-0.1, -0.05) is 13.0 Å². The number of anilines is 1. The van der Waals surface area contributed by atoms with Crippen molar-refractivity contribution in [2.45, 2.75) is 49.0 Å². The molecule has 3 unspecified atom stereocenters. The normalized spacial score (nSPS) is 22.1. The third-order valence-electron chi connectivity index (χ3n) is 4.93. The maximum Gasteiger partial charge on any atom is 0.319 e. The highest BCUT2D eigenvalue weighted by atomic mass is 35.5. The summed E-state index contributed by atoms with van der Waals surface area (Å²) in [6.07, 6.45) is 5.87. The second kappa shape index (κ2) is 9.56. The van der Waals surface area contributed by atoms with Crippen molar-refractivity contribution in [3.05, 3.63) is 54.4 Å². The molecule has 1 aromatic carbocycles. The number of nitrogens with zero attached hydrogens (tertiary/aromatic N) is 1. The largest absolute Gasteiger partial charge is 0.334 e. The zero-order valence-corrected chi connectivity index (χ0v) is 17.7. The van der Waals surface area contributed by atoms with Gasteiger partial charge in [-0.05, 0) is 61.1 Å². The van der Waals surface area contributed by atoms with Crippen molar-refractivity contribution in [1.82, 2.24) is 15.0 Å². The minimum absolute atomic E-state index is 0.140. The highest BCUT2D eigenvalue weighted by molar-refractivity contribution is 7.89. The highest BCUT2D eigenvalue weighted by Gasteiger charge is 2.31. The Balaban J connectivity index is 1.56. The van der Waals surface area contributed by atoms with E-state index in [-0.39, 0.29) is 22.3 Å². The van der Waals surface area contributed by atoms with E-state index < -0.39 is 10.0 Å². The van der Waals surface area contributed by atoms with E-state index in [0.717, 1.165) is 24.8 Å². The molecule has 1 aliphatic carbocycles. The van der Waals surface area contributed by atoms with Gasteiger partial charge in [0.15, 0.2) is 0 Å². The number of sulfonamides is 1. The molecule has 1 heterocycles. The van der Waals surface area contributed by atoms with Crippen LogP contribution in [-0.4, -0.2) is 30.9 Å². The number of urea groups is 1. The number of hydrogen-bond acceptors (Lipinski definition) is 4. The monoisotopic (exact) mass is 436 g/mol. The summed E-state index contributed by atoms with van der Waals surface area (Å²) in [7, 11) is -3.68. The fraction of sp³-hybridized carbons (Fsp3) is 0.400. The molecule has 1 aromatic heterocycles.